The van der Waals surface area contributed by atoms with E-state index in [1.165, 1.54) is 0 Å². The lowest BCUT2D eigenvalue weighted by molar-refractivity contribution is 0.383. The first-order valence-corrected chi connectivity index (χ1v) is 6.86. The second-order valence-corrected chi connectivity index (χ2v) is 5.48. The van der Waals surface area contributed by atoms with Gasteiger partial charge in [-0.25, -0.2) is 17.6 Å². The maximum absolute atomic E-state index is 13.3. The van der Waals surface area contributed by atoms with E-state index >= 15 is 0 Å². The van der Waals surface area contributed by atoms with E-state index in [0.29, 0.717) is 0 Å². The molecule has 0 aliphatic rings. The number of pyridine rings is 2. The summed E-state index contributed by atoms with van der Waals surface area (Å²) in [6, 6.07) is 0. The molecule has 0 atom stereocenters. The van der Waals surface area contributed by atoms with Crippen molar-refractivity contribution in [3.8, 4) is 0 Å². The lowest BCUT2D eigenvalue weighted by Crippen LogP contribution is -2.06. The van der Waals surface area contributed by atoms with E-state index in [-0.39, 0.29) is 23.9 Å². The molecule has 0 amide bonds. The van der Waals surface area contributed by atoms with Gasteiger partial charge in [-0.05, 0) is 23.9 Å². The van der Waals surface area contributed by atoms with E-state index in [9.17, 15) is 35.1 Å². The Bertz CT molecular complexity index is 657. The third-order valence-corrected chi connectivity index (χ3v) is 3.99. The molecule has 0 saturated carbocycles. The molecule has 3 nitrogen and oxygen atoms in total. The Kier molecular flexibility index (Phi) is 5.31. The minimum Gasteiger partial charge on any atom is -0.201 e. The summed E-state index contributed by atoms with van der Waals surface area (Å²) in [5.41, 5.74) is 0. The molecular formula is C10HF8N3S2. The van der Waals surface area contributed by atoms with E-state index in [1.807, 2.05) is 4.13 Å². The van der Waals surface area contributed by atoms with Crippen molar-refractivity contribution in [2.75, 3.05) is 0 Å². The first-order chi connectivity index (χ1) is 10.7. The van der Waals surface area contributed by atoms with E-state index in [4.69, 9.17) is 0 Å². The second-order valence-electron chi connectivity index (χ2n) is 3.59. The minimum absolute atomic E-state index is 0.130. The van der Waals surface area contributed by atoms with Gasteiger partial charge in [0.1, 0.15) is 9.79 Å². The Morgan fingerprint density at radius 1 is 0.522 bits per heavy atom. The first kappa shape index (κ1) is 17.7. The topological polar surface area (TPSA) is 37.8 Å². The highest BCUT2D eigenvalue weighted by Gasteiger charge is 2.24. The maximum atomic E-state index is 13.3. The largest absolute Gasteiger partial charge is 0.252 e. The minimum atomic E-state index is -1.95. The third kappa shape index (κ3) is 3.50. The number of nitrogens with one attached hydrogen (secondary N) is 1. The van der Waals surface area contributed by atoms with E-state index in [2.05, 4.69) is 9.97 Å². The van der Waals surface area contributed by atoms with Crippen LogP contribution in [0.1, 0.15) is 0 Å². The molecule has 23 heavy (non-hydrogen) atoms. The summed E-state index contributed by atoms with van der Waals surface area (Å²) in [6.07, 6.45) is 0. The molecule has 0 fully saturated rings. The van der Waals surface area contributed by atoms with Crippen LogP contribution >= 0.6 is 23.9 Å². The average Bonchev–Trinajstić information content (AvgIpc) is 2.49. The fourth-order valence-corrected chi connectivity index (χ4v) is 2.75. The lowest BCUT2D eigenvalue weighted by Gasteiger charge is -2.08. The summed E-state index contributed by atoms with van der Waals surface area (Å²) in [5, 5.41) is 0. The Morgan fingerprint density at radius 2 is 0.783 bits per heavy atom. The fraction of sp³-hybridized carbons (Fsp3) is 0. The second kappa shape index (κ2) is 6.88. The Hall–Kier alpha value is -1.60. The van der Waals surface area contributed by atoms with Crippen LogP contribution in [-0.2, 0) is 0 Å². The third-order valence-electron chi connectivity index (χ3n) is 2.20. The smallest absolute Gasteiger partial charge is 0.201 e. The van der Waals surface area contributed by atoms with Gasteiger partial charge in [-0.15, -0.1) is 0 Å². The van der Waals surface area contributed by atoms with E-state index < -0.39 is 56.9 Å². The van der Waals surface area contributed by atoms with Crippen molar-refractivity contribution in [3.05, 3.63) is 47.1 Å². The summed E-state index contributed by atoms with van der Waals surface area (Å²) in [7, 11) is 0. The van der Waals surface area contributed by atoms with Crippen molar-refractivity contribution in [3.63, 3.8) is 0 Å². The zero-order valence-electron chi connectivity index (χ0n) is 10.2. The molecule has 0 aromatic carbocycles. The normalized spacial score (nSPS) is 11.1. The lowest BCUT2D eigenvalue weighted by atomic mass is 10.4. The number of rotatable bonds is 4. The van der Waals surface area contributed by atoms with Crippen LogP contribution in [0.5, 0.6) is 0 Å². The molecule has 1 N–H and O–H groups in total. The highest BCUT2D eigenvalue weighted by molar-refractivity contribution is 8.12. The number of hydrogen-bond acceptors (Lipinski definition) is 5. The molecular weight excluding hydrogens is 378 g/mol. The molecule has 13 heteroatoms. The van der Waals surface area contributed by atoms with Crippen LogP contribution in [0.3, 0.4) is 0 Å². The Labute approximate surface area is 130 Å². The van der Waals surface area contributed by atoms with Crippen LogP contribution in [-0.4, -0.2) is 9.97 Å². The molecule has 0 radical (unpaired) electrons. The summed E-state index contributed by atoms with van der Waals surface area (Å²) < 4.78 is 106. The van der Waals surface area contributed by atoms with Crippen LogP contribution in [0.4, 0.5) is 35.1 Å². The van der Waals surface area contributed by atoms with Crippen molar-refractivity contribution in [1.29, 1.82) is 0 Å². The van der Waals surface area contributed by atoms with Crippen LogP contribution < -0.4 is 4.13 Å². The SMILES string of the molecule is Fc1nc(F)c(F)c(SNSc2c(F)c(F)nc(F)c2F)c1F. The fourth-order valence-electron chi connectivity index (χ4n) is 1.22. The van der Waals surface area contributed by atoms with E-state index in [1.54, 1.807) is 0 Å². The predicted molar refractivity (Wildman–Crippen MR) is 63.0 cm³/mol. The monoisotopic (exact) mass is 379 g/mol. The molecule has 2 aromatic rings. The molecule has 0 saturated heterocycles. The van der Waals surface area contributed by atoms with Crippen molar-refractivity contribution in [1.82, 2.24) is 14.1 Å². The van der Waals surface area contributed by atoms with Crippen LogP contribution in [0.15, 0.2) is 9.79 Å². The number of nitrogens with zero attached hydrogens (tertiary/aromatic N) is 2. The van der Waals surface area contributed by atoms with Gasteiger partial charge in [-0.3, -0.25) is 0 Å². The number of hydrogen-bond donors (Lipinski definition) is 1. The number of halogens is 8. The quantitative estimate of drug-likeness (QED) is 0.496. The molecule has 2 heterocycles. The van der Waals surface area contributed by atoms with Gasteiger partial charge in [0.25, 0.3) is 23.8 Å². The molecule has 0 unspecified atom stereocenters. The first-order valence-electron chi connectivity index (χ1n) is 5.22. The van der Waals surface area contributed by atoms with E-state index in [0.717, 1.165) is 0 Å². The highest BCUT2D eigenvalue weighted by Crippen LogP contribution is 2.31. The summed E-state index contributed by atoms with van der Waals surface area (Å²) in [4.78, 5) is 2.11. The molecule has 0 bridgehead atoms. The number of aromatic nitrogens is 2. The van der Waals surface area contributed by atoms with Crippen LogP contribution in [0, 0.1) is 47.1 Å². The molecule has 0 aliphatic heterocycles. The highest BCUT2D eigenvalue weighted by atomic mass is 32.2. The van der Waals surface area contributed by atoms with Crippen molar-refractivity contribution >= 4 is 23.9 Å². The molecule has 0 spiro atoms. The van der Waals surface area contributed by atoms with Crippen molar-refractivity contribution in [2.45, 2.75) is 9.79 Å². The Morgan fingerprint density at radius 3 is 1.04 bits per heavy atom. The van der Waals surface area contributed by atoms with Gasteiger partial charge in [-0.2, -0.15) is 31.7 Å². The van der Waals surface area contributed by atoms with Gasteiger partial charge in [0.05, 0.1) is 0 Å². The van der Waals surface area contributed by atoms with Crippen LogP contribution in [0.25, 0.3) is 0 Å². The standard InChI is InChI=1S/C10HF8N3S2/c11-1-5(2(12)8(16)19-7(1)15)22-21-23-6-3(13)9(17)20-10(18)4(6)14/h21H. The molecule has 124 valence electrons. The van der Waals surface area contributed by atoms with Gasteiger partial charge in [0.15, 0.2) is 23.3 Å². The summed E-state index contributed by atoms with van der Waals surface area (Å²) in [6.45, 7) is 0. The van der Waals surface area contributed by atoms with Gasteiger partial charge in [-0.1, -0.05) is 0 Å². The van der Waals surface area contributed by atoms with Crippen LogP contribution in [0.2, 0.25) is 0 Å². The summed E-state index contributed by atoms with van der Waals surface area (Å²) in [5.74, 6) is -15.3. The van der Waals surface area contributed by atoms with Gasteiger partial charge in [0.2, 0.25) is 0 Å². The van der Waals surface area contributed by atoms with Crippen molar-refractivity contribution in [2.24, 2.45) is 0 Å². The maximum Gasteiger partial charge on any atom is 0.252 e. The molecule has 2 rings (SSSR count). The van der Waals surface area contributed by atoms with Gasteiger partial charge >= 0.3 is 0 Å². The van der Waals surface area contributed by atoms with Gasteiger partial charge < -0.3 is 0 Å². The van der Waals surface area contributed by atoms with Crippen molar-refractivity contribution < 1.29 is 35.1 Å². The van der Waals surface area contributed by atoms with Gasteiger partial charge in [0, 0.05) is 0 Å². The molecule has 2 aromatic heterocycles. The predicted octanol–water partition coefficient (Wildman–Crippen LogP) is 3.89. The Balaban J connectivity index is 2.22. The zero-order chi connectivity index (χ0) is 17.3. The zero-order valence-corrected chi connectivity index (χ0v) is 11.9. The average molecular weight is 379 g/mol. The summed E-state index contributed by atoms with van der Waals surface area (Å²) >= 11 is -0.259. The molecule has 0 aliphatic carbocycles.